The highest BCUT2D eigenvalue weighted by Gasteiger charge is 2.50. The Labute approximate surface area is 432 Å². The average molecular weight is 1070 g/mol. The molecule has 6 aliphatic heterocycles. The van der Waals surface area contributed by atoms with E-state index in [1.807, 2.05) is 47.4 Å². The Bertz CT molecular complexity index is 2530. The first kappa shape index (κ1) is 49.0. The minimum absolute atomic E-state index is 0.112. The second kappa shape index (κ2) is 22.0. The molecule has 0 saturated carbocycles. The molecule has 6 fully saturated rings. The van der Waals surface area contributed by atoms with Gasteiger partial charge < -0.3 is 29.8 Å². The molecule has 3 amide bonds. The highest BCUT2D eigenvalue weighted by atomic mass is 79.9. The fourth-order valence-electron chi connectivity index (χ4n) is 12.7. The second-order valence-electron chi connectivity index (χ2n) is 21.2. The van der Waals surface area contributed by atoms with E-state index in [9.17, 15) is 14.4 Å². The summed E-state index contributed by atoms with van der Waals surface area (Å²) >= 11 is 6.99. The van der Waals surface area contributed by atoms with Crippen molar-refractivity contribution in [3.63, 3.8) is 0 Å². The monoisotopic (exact) mass is 1070 g/mol. The van der Waals surface area contributed by atoms with Gasteiger partial charge in [-0.1, -0.05) is 135 Å². The van der Waals surface area contributed by atoms with E-state index in [-0.39, 0.29) is 16.7 Å². The molecule has 5 aromatic carbocycles. The van der Waals surface area contributed by atoms with E-state index in [0.29, 0.717) is 42.0 Å². The molecule has 2 spiro atoms. The second-order valence-corrected chi connectivity index (χ2v) is 23.0. The molecule has 9 nitrogen and oxygen atoms in total. The summed E-state index contributed by atoms with van der Waals surface area (Å²) in [4.78, 5) is 51.6. The largest absolute Gasteiger partial charge is 0.338 e. The van der Waals surface area contributed by atoms with E-state index in [1.54, 1.807) is 0 Å². The number of likely N-dealkylation sites (tertiary alicyclic amines) is 5. The third-order valence-electron chi connectivity index (χ3n) is 16.9. The van der Waals surface area contributed by atoms with Gasteiger partial charge in [0.2, 0.25) is 11.8 Å². The molecule has 0 aliphatic carbocycles. The van der Waals surface area contributed by atoms with Crippen LogP contribution in [0.4, 0.5) is 0 Å². The molecule has 0 radical (unpaired) electrons. The number of hydrogen-bond donors (Lipinski definition) is 1. The van der Waals surface area contributed by atoms with Crippen LogP contribution in [-0.2, 0) is 22.7 Å². The zero-order valence-corrected chi connectivity index (χ0v) is 43.6. The smallest absolute Gasteiger partial charge is 0.253 e. The Hall–Kier alpha value is -4.65. The molecular formula is C59H68Br2N6O3. The van der Waals surface area contributed by atoms with Crippen molar-refractivity contribution in [1.82, 2.24) is 29.8 Å². The normalized spacial score (nSPS) is 24.4. The zero-order chi connectivity index (χ0) is 48.1. The zero-order valence-electron chi connectivity index (χ0n) is 40.4. The molecule has 11 heteroatoms. The summed E-state index contributed by atoms with van der Waals surface area (Å²) in [5.41, 5.74) is 5.62. The highest BCUT2D eigenvalue weighted by molar-refractivity contribution is 9.10. The number of rotatable bonds is 11. The molecule has 0 bridgehead atoms. The Morgan fingerprint density at radius 2 is 0.929 bits per heavy atom. The SMILES string of the molecule is O=C(c1ccccc1)N1CC(CN2CCC3(CC2)CCN(Cc2ccc(Br)cc2)C3=O)C(c2ccccc2)C1.O=C1N(Cc2ccc(Br)cc2)CCC12CCN(CC1CNCC1c1ccccc1)CC2. The fourth-order valence-corrected chi connectivity index (χ4v) is 13.2. The molecule has 1 N–H and O–H groups in total. The molecule has 11 rings (SSSR count). The van der Waals surface area contributed by atoms with Gasteiger partial charge in [0.15, 0.2) is 0 Å². The lowest BCUT2D eigenvalue weighted by Gasteiger charge is -2.39. The maximum Gasteiger partial charge on any atom is 0.253 e. The van der Waals surface area contributed by atoms with E-state index in [0.717, 1.165) is 138 Å². The molecule has 4 atom stereocenters. The van der Waals surface area contributed by atoms with Crippen LogP contribution in [0.5, 0.6) is 0 Å². The third-order valence-corrected chi connectivity index (χ3v) is 18.0. The Morgan fingerprint density at radius 3 is 1.41 bits per heavy atom. The van der Waals surface area contributed by atoms with Gasteiger partial charge in [0.1, 0.15) is 0 Å². The number of piperidine rings is 2. The van der Waals surface area contributed by atoms with E-state index >= 15 is 0 Å². The summed E-state index contributed by atoms with van der Waals surface area (Å²) in [7, 11) is 0. The van der Waals surface area contributed by atoms with Crippen LogP contribution in [0.2, 0.25) is 0 Å². The summed E-state index contributed by atoms with van der Waals surface area (Å²) in [5, 5.41) is 3.61. The molecule has 6 saturated heterocycles. The summed E-state index contributed by atoms with van der Waals surface area (Å²) in [5.74, 6) is 2.81. The predicted molar refractivity (Wildman–Crippen MR) is 285 cm³/mol. The fraction of sp³-hybridized carbons (Fsp3) is 0.441. The Kier molecular flexibility index (Phi) is 15.4. The van der Waals surface area contributed by atoms with Gasteiger partial charge >= 0.3 is 0 Å². The maximum absolute atomic E-state index is 13.5. The van der Waals surface area contributed by atoms with Gasteiger partial charge in [-0.3, -0.25) is 14.4 Å². The highest BCUT2D eigenvalue weighted by Crippen LogP contribution is 2.45. The van der Waals surface area contributed by atoms with Crippen molar-refractivity contribution >= 4 is 49.6 Å². The van der Waals surface area contributed by atoms with E-state index in [2.05, 4.69) is 154 Å². The number of carbonyl (C=O) groups is 3. The van der Waals surface area contributed by atoms with Gasteiger partial charge in [-0.2, -0.15) is 0 Å². The summed E-state index contributed by atoms with van der Waals surface area (Å²) in [6, 6.07) is 47.9. The van der Waals surface area contributed by atoms with Crippen molar-refractivity contribution in [1.29, 1.82) is 0 Å². The van der Waals surface area contributed by atoms with Gasteiger partial charge in [-0.05, 0) is 142 Å². The van der Waals surface area contributed by atoms with Crippen LogP contribution in [0.1, 0.15) is 83.0 Å². The van der Waals surface area contributed by atoms with Gasteiger partial charge in [0.25, 0.3) is 5.91 Å². The van der Waals surface area contributed by atoms with Gasteiger partial charge in [-0.25, -0.2) is 0 Å². The lowest BCUT2D eigenvalue weighted by molar-refractivity contribution is -0.139. The van der Waals surface area contributed by atoms with Crippen LogP contribution in [0.25, 0.3) is 0 Å². The standard InChI is InChI=1S/C33H36BrN3O2.C26H32BrN3O/c34-29-13-11-25(12-14-29)21-36-20-17-33(32(36)39)15-18-35(19-16-33)22-28-23-37(31(38)27-9-5-2-6-10-27)24-30(28)26-7-3-1-4-8-26;27-23-8-6-20(7-9-23)18-30-15-12-26(25(30)31)10-13-29(14-11-26)19-22-16-28-17-24(22)21-4-2-1-3-5-21/h1-14,28,30H,15-24H2;1-9,22,24,28H,10-19H2. The number of nitrogens with one attached hydrogen (secondary N) is 1. The van der Waals surface area contributed by atoms with Crippen LogP contribution in [-0.4, -0.2) is 121 Å². The number of nitrogens with zero attached hydrogens (tertiary/aromatic N) is 5. The topological polar surface area (TPSA) is 79.4 Å². The lowest BCUT2D eigenvalue weighted by atomic mass is 9.76. The van der Waals surface area contributed by atoms with Gasteiger partial charge in [0, 0.05) is 85.2 Å². The van der Waals surface area contributed by atoms with Crippen molar-refractivity contribution in [2.45, 2.75) is 63.5 Å². The molecule has 6 heterocycles. The lowest BCUT2D eigenvalue weighted by Crippen LogP contribution is -2.46. The molecule has 0 aromatic heterocycles. The molecular weight excluding hydrogens is 1000 g/mol. The summed E-state index contributed by atoms with van der Waals surface area (Å²) in [6.45, 7) is 13.0. The van der Waals surface area contributed by atoms with Crippen molar-refractivity contribution in [2.75, 3.05) is 78.5 Å². The maximum atomic E-state index is 13.5. The van der Waals surface area contributed by atoms with Crippen LogP contribution in [0.3, 0.4) is 0 Å². The number of carbonyl (C=O) groups excluding carboxylic acids is 3. The molecule has 5 aromatic rings. The van der Waals surface area contributed by atoms with Crippen LogP contribution < -0.4 is 5.32 Å². The average Bonchev–Trinajstić information content (AvgIpc) is 4.19. The minimum atomic E-state index is -0.199. The predicted octanol–water partition coefficient (Wildman–Crippen LogP) is 10.1. The van der Waals surface area contributed by atoms with Crippen molar-refractivity contribution < 1.29 is 14.4 Å². The van der Waals surface area contributed by atoms with Gasteiger partial charge in [-0.15, -0.1) is 0 Å². The molecule has 4 unspecified atom stereocenters. The molecule has 366 valence electrons. The Balaban J connectivity index is 0.000000166. The number of halogens is 2. The van der Waals surface area contributed by atoms with E-state index in [1.165, 1.54) is 22.3 Å². The first-order valence-corrected chi connectivity index (χ1v) is 27.4. The van der Waals surface area contributed by atoms with E-state index in [4.69, 9.17) is 0 Å². The minimum Gasteiger partial charge on any atom is -0.338 e. The number of hydrogen-bond acceptors (Lipinski definition) is 6. The summed E-state index contributed by atoms with van der Waals surface area (Å²) in [6.07, 6.45) is 5.87. The van der Waals surface area contributed by atoms with Crippen LogP contribution in [0, 0.1) is 22.7 Å². The first-order valence-electron chi connectivity index (χ1n) is 25.8. The number of benzene rings is 5. The van der Waals surface area contributed by atoms with Gasteiger partial charge in [0.05, 0.1) is 10.8 Å². The first-order chi connectivity index (χ1) is 34.1. The van der Waals surface area contributed by atoms with Crippen molar-refractivity contribution in [3.05, 3.63) is 176 Å². The Morgan fingerprint density at radius 1 is 0.500 bits per heavy atom. The number of amides is 3. The quantitative estimate of drug-likeness (QED) is 0.142. The van der Waals surface area contributed by atoms with Crippen LogP contribution in [0.15, 0.2) is 148 Å². The molecule has 6 aliphatic rings. The summed E-state index contributed by atoms with van der Waals surface area (Å²) < 4.78 is 2.15. The van der Waals surface area contributed by atoms with Crippen LogP contribution >= 0.6 is 31.9 Å². The van der Waals surface area contributed by atoms with Crippen molar-refractivity contribution in [3.8, 4) is 0 Å². The third kappa shape index (κ3) is 11.0. The molecule has 70 heavy (non-hydrogen) atoms. The van der Waals surface area contributed by atoms with Crippen molar-refractivity contribution in [2.24, 2.45) is 22.7 Å². The van der Waals surface area contributed by atoms with E-state index < -0.39 is 0 Å².